The summed E-state index contributed by atoms with van der Waals surface area (Å²) in [6.07, 6.45) is 0. The Balaban J connectivity index is 1.57. The minimum atomic E-state index is -0.828. The molecule has 2 aromatic rings. The van der Waals surface area contributed by atoms with Gasteiger partial charge in [-0.25, -0.2) is 4.79 Å². The summed E-state index contributed by atoms with van der Waals surface area (Å²) in [5.41, 5.74) is 1.21. The molecule has 0 bridgehead atoms. The second kappa shape index (κ2) is 8.10. The number of para-hydroxylation sites is 1. The van der Waals surface area contributed by atoms with Gasteiger partial charge in [0.25, 0.3) is 0 Å². The number of rotatable bonds is 7. The number of hydrogen-bond acceptors (Lipinski definition) is 6. The highest BCUT2D eigenvalue weighted by molar-refractivity contribution is 5.75. The number of benzene rings is 2. The number of ether oxygens (including phenoxy) is 5. The van der Waals surface area contributed by atoms with Crippen LogP contribution in [0.2, 0.25) is 0 Å². The highest BCUT2D eigenvalue weighted by Crippen LogP contribution is 2.42. The maximum Gasteiger partial charge on any atom is 0.361 e. The van der Waals surface area contributed by atoms with Crippen LogP contribution in [0.1, 0.15) is 32.3 Å². The molecule has 26 heavy (non-hydrogen) atoms. The lowest BCUT2D eigenvalue weighted by Crippen LogP contribution is -2.22. The van der Waals surface area contributed by atoms with E-state index in [1.54, 1.807) is 18.2 Å². The molecule has 0 saturated carbocycles. The molecule has 6 heteroatoms. The van der Waals surface area contributed by atoms with Gasteiger partial charge in [-0.3, -0.25) is 0 Å². The van der Waals surface area contributed by atoms with Crippen LogP contribution in [-0.4, -0.2) is 25.7 Å². The quantitative estimate of drug-likeness (QED) is 0.553. The van der Waals surface area contributed by atoms with Crippen LogP contribution in [0, 0.1) is 0 Å². The van der Waals surface area contributed by atoms with Gasteiger partial charge in [0.15, 0.2) is 18.1 Å². The molecule has 0 amide bonds. The first-order valence-corrected chi connectivity index (χ1v) is 8.58. The van der Waals surface area contributed by atoms with Gasteiger partial charge in [0.1, 0.15) is 5.75 Å². The first-order valence-electron chi connectivity index (χ1n) is 8.58. The van der Waals surface area contributed by atoms with Crippen LogP contribution >= 0.6 is 0 Å². The standard InChI is InChI=1S/C20H22O6/c1-4-22-20-25-17-7-5-6-16(19(17)26-20)24-18(21)12-23-15-10-8-14(9-11-15)13(2)3/h5-11,13,20H,4,12H2,1-3H3. The van der Waals surface area contributed by atoms with Gasteiger partial charge in [0.05, 0.1) is 6.61 Å². The van der Waals surface area contributed by atoms with Gasteiger partial charge in [-0.15, -0.1) is 0 Å². The molecule has 1 heterocycles. The Morgan fingerprint density at radius 3 is 2.58 bits per heavy atom. The van der Waals surface area contributed by atoms with Crippen LogP contribution in [0.15, 0.2) is 42.5 Å². The fourth-order valence-electron chi connectivity index (χ4n) is 2.46. The Hall–Kier alpha value is -2.73. The normalized spacial score (nSPS) is 15.2. The van der Waals surface area contributed by atoms with Gasteiger partial charge in [0.2, 0.25) is 5.75 Å². The molecule has 0 aromatic heterocycles. The summed E-state index contributed by atoms with van der Waals surface area (Å²) in [5.74, 6) is 1.61. The SMILES string of the molecule is CCOC1Oc2cccc(OC(=O)COc3ccc(C(C)C)cc3)c2O1. The lowest BCUT2D eigenvalue weighted by atomic mass is 10.0. The topological polar surface area (TPSA) is 63.2 Å². The monoisotopic (exact) mass is 358 g/mol. The smallest absolute Gasteiger partial charge is 0.361 e. The molecular weight excluding hydrogens is 336 g/mol. The van der Waals surface area contributed by atoms with E-state index < -0.39 is 12.4 Å². The van der Waals surface area contributed by atoms with E-state index in [0.29, 0.717) is 29.8 Å². The Morgan fingerprint density at radius 2 is 1.88 bits per heavy atom. The van der Waals surface area contributed by atoms with Gasteiger partial charge >= 0.3 is 12.4 Å². The van der Waals surface area contributed by atoms with Crippen LogP contribution in [0.5, 0.6) is 23.0 Å². The minimum absolute atomic E-state index is 0.208. The Labute approximate surface area is 152 Å². The second-order valence-electron chi connectivity index (χ2n) is 6.05. The van der Waals surface area contributed by atoms with Gasteiger partial charge in [-0.05, 0) is 42.7 Å². The molecule has 2 aromatic carbocycles. The van der Waals surface area contributed by atoms with Gasteiger partial charge in [0, 0.05) is 0 Å². The van der Waals surface area contributed by atoms with Crippen molar-refractivity contribution in [2.45, 2.75) is 33.2 Å². The molecule has 6 nitrogen and oxygen atoms in total. The molecule has 0 fully saturated rings. The summed E-state index contributed by atoms with van der Waals surface area (Å²) in [7, 11) is 0. The molecule has 0 saturated heterocycles. The van der Waals surface area contributed by atoms with Crippen LogP contribution in [0.4, 0.5) is 0 Å². The van der Waals surface area contributed by atoms with Crippen LogP contribution in [-0.2, 0) is 9.53 Å². The highest BCUT2D eigenvalue weighted by atomic mass is 16.9. The summed E-state index contributed by atoms with van der Waals surface area (Å²) in [5, 5.41) is 0. The molecule has 0 aliphatic carbocycles. The third-order valence-corrected chi connectivity index (χ3v) is 3.81. The molecule has 1 aliphatic rings. The summed E-state index contributed by atoms with van der Waals surface area (Å²) >= 11 is 0. The van der Waals surface area contributed by atoms with Gasteiger partial charge < -0.3 is 23.7 Å². The molecule has 3 rings (SSSR count). The molecule has 1 unspecified atom stereocenters. The summed E-state index contributed by atoms with van der Waals surface area (Å²) in [4.78, 5) is 12.1. The van der Waals surface area contributed by atoms with E-state index in [2.05, 4.69) is 13.8 Å². The number of hydrogen-bond donors (Lipinski definition) is 0. The zero-order valence-corrected chi connectivity index (χ0v) is 15.1. The molecule has 138 valence electrons. The Morgan fingerprint density at radius 1 is 1.12 bits per heavy atom. The third-order valence-electron chi connectivity index (χ3n) is 3.81. The fraction of sp³-hybridized carbons (Fsp3) is 0.350. The maximum absolute atomic E-state index is 12.1. The minimum Gasteiger partial charge on any atom is -0.482 e. The number of esters is 1. The van der Waals surface area contributed by atoms with Crippen molar-refractivity contribution in [1.82, 2.24) is 0 Å². The lowest BCUT2D eigenvalue weighted by molar-refractivity contribution is -0.174. The molecule has 1 aliphatic heterocycles. The molecule has 1 atom stereocenters. The lowest BCUT2D eigenvalue weighted by Gasteiger charge is -2.10. The first-order chi connectivity index (χ1) is 12.6. The summed E-state index contributed by atoms with van der Waals surface area (Å²) in [6.45, 7) is 5.48. The van der Waals surface area contributed by atoms with Crippen molar-refractivity contribution in [3.63, 3.8) is 0 Å². The second-order valence-corrected chi connectivity index (χ2v) is 6.05. The molecule has 0 spiro atoms. The largest absolute Gasteiger partial charge is 0.482 e. The summed E-state index contributed by atoms with van der Waals surface area (Å²) < 4.78 is 27.1. The van der Waals surface area contributed by atoms with Crippen molar-refractivity contribution in [2.24, 2.45) is 0 Å². The maximum atomic E-state index is 12.1. The number of carbonyl (C=O) groups excluding carboxylic acids is 1. The zero-order chi connectivity index (χ0) is 18.5. The van der Waals surface area contributed by atoms with E-state index in [9.17, 15) is 4.79 Å². The van der Waals surface area contributed by atoms with Crippen LogP contribution in [0.25, 0.3) is 0 Å². The van der Waals surface area contributed by atoms with E-state index in [1.165, 1.54) is 5.56 Å². The van der Waals surface area contributed by atoms with E-state index in [-0.39, 0.29) is 12.4 Å². The van der Waals surface area contributed by atoms with Crippen molar-refractivity contribution in [3.8, 4) is 23.0 Å². The van der Waals surface area contributed by atoms with Crippen molar-refractivity contribution in [2.75, 3.05) is 13.2 Å². The highest BCUT2D eigenvalue weighted by Gasteiger charge is 2.28. The van der Waals surface area contributed by atoms with E-state index in [1.807, 2.05) is 31.2 Å². The predicted octanol–water partition coefficient (Wildman–Crippen LogP) is 3.89. The van der Waals surface area contributed by atoms with Crippen molar-refractivity contribution >= 4 is 5.97 Å². The Bertz CT molecular complexity index is 753. The summed E-state index contributed by atoms with van der Waals surface area (Å²) in [6, 6.07) is 12.7. The molecule has 0 N–H and O–H groups in total. The molecule has 0 radical (unpaired) electrons. The van der Waals surface area contributed by atoms with Crippen molar-refractivity contribution < 1.29 is 28.5 Å². The number of carbonyl (C=O) groups is 1. The molecular formula is C20H22O6. The van der Waals surface area contributed by atoms with Crippen molar-refractivity contribution in [1.29, 1.82) is 0 Å². The van der Waals surface area contributed by atoms with Crippen molar-refractivity contribution in [3.05, 3.63) is 48.0 Å². The average molecular weight is 358 g/mol. The van der Waals surface area contributed by atoms with E-state index in [0.717, 1.165) is 0 Å². The van der Waals surface area contributed by atoms with Crippen LogP contribution < -0.4 is 18.9 Å². The average Bonchev–Trinajstić information content (AvgIpc) is 3.04. The van der Waals surface area contributed by atoms with Gasteiger partial charge in [-0.2, -0.15) is 0 Å². The predicted molar refractivity (Wildman–Crippen MR) is 94.8 cm³/mol. The number of fused-ring (bicyclic) bond motifs is 1. The zero-order valence-electron chi connectivity index (χ0n) is 15.1. The van der Waals surface area contributed by atoms with Gasteiger partial charge in [-0.1, -0.05) is 32.0 Å². The third kappa shape index (κ3) is 4.26. The fourth-order valence-corrected chi connectivity index (χ4v) is 2.46. The van der Waals surface area contributed by atoms with E-state index in [4.69, 9.17) is 23.7 Å². The van der Waals surface area contributed by atoms with Crippen LogP contribution in [0.3, 0.4) is 0 Å². The first kappa shape index (κ1) is 18.1. The Kier molecular flexibility index (Phi) is 5.63. The van der Waals surface area contributed by atoms with E-state index >= 15 is 0 Å².